The fourth-order valence-electron chi connectivity index (χ4n) is 3.66. The molecule has 2 atom stereocenters. The maximum absolute atomic E-state index is 13.1. The fraction of sp³-hybridized carbons (Fsp3) is 0.632. The highest BCUT2D eigenvalue weighted by Gasteiger charge is 2.42. The van der Waals surface area contributed by atoms with Crippen LogP contribution in [0.4, 0.5) is 0 Å². The second kappa shape index (κ2) is 7.02. The lowest BCUT2D eigenvalue weighted by atomic mass is 9.84. The molecule has 4 heteroatoms. The maximum Gasteiger partial charge on any atom is 0.230 e. The van der Waals surface area contributed by atoms with Gasteiger partial charge in [-0.2, -0.15) is 0 Å². The predicted molar refractivity (Wildman–Crippen MR) is 89.1 cm³/mol. The van der Waals surface area contributed by atoms with E-state index in [0.29, 0.717) is 19.1 Å². The van der Waals surface area contributed by atoms with Gasteiger partial charge in [0.05, 0.1) is 19.1 Å². The summed E-state index contributed by atoms with van der Waals surface area (Å²) < 4.78 is 11.5. The summed E-state index contributed by atoms with van der Waals surface area (Å²) in [7, 11) is 0. The average molecular weight is 317 g/mol. The van der Waals surface area contributed by atoms with Crippen LogP contribution in [0.3, 0.4) is 0 Å². The predicted octanol–water partition coefficient (Wildman–Crippen LogP) is 3.18. The third-order valence-corrected chi connectivity index (χ3v) is 5.29. The molecule has 0 aromatic heterocycles. The molecule has 0 saturated carbocycles. The van der Waals surface area contributed by atoms with E-state index in [9.17, 15) is 4.79 Å². The summed E-state index contributed by atoms with van der Waals surface area (Å²) in [6.45, 7) is 7.11. The zero-order chi connectivity index (χ0) is 16.3. The van der Waals surface area contributed by atoms with E-state index in [1.165, 1.54) is 0 Å². The van der Waals surface area contributed by atoms with Gasteiger partial charge in [-0.15, -0.1) is 0 Å². The highest BCUT2D eigenvalue weighted by molar-refractivity contribution is 5.84. The molecule has 1 amide bonds. The van der Waals surface area contributed by atoms with Gasteiger partial charge in [-0.25, -0.2) is 0 Å². The zero-order valence-electron chi connectivity index (χ0n) is 14.2. The molecule has 2 aliphatic heterocycles. The molecule has 0 unspecified atom stereocenters. The quantitative estimate of drug-likeness (QED) is 0.856. The van der Waals surface area contributed by atoms with Crippen molar-refractivity contribution in [3.8, 4) is 0 Å². The molecule has 1 aromatic rings. The Morgan fingerprint density at radius 2 is 1.78 bits per heavy atom. The molecular formula is C19H27NO3. The Morgan fingerprint density at radius 3 is 2.35 bits per heavy atom. The minimum Gasteiger partial charge on any atom is -0.347 e. The van der Waals surface area contributed by atoms with Crippen molar-refractivity contribution in [3.05, 3.63) is 35.9 Å². The van der Waals surface area contributed by atoms with Crippen LogP contribution in [0, 0.1) is 5.92 Å². The normalized spacial score (nSPS) is 23.0. The number of likely N-dealkylation sites (tertiary alicyclic amines) is 1. The molecule has 2 fully saturated rings. The summed E-state index contributed by atoms with van der Waals surface area (Å²) in [6, 6.07) is 10.2. The minimum atomic E-state index is -0.421. The highest BCUT2D eigenvalue weighted by atomic mass is 16.7. The highest BCUT2D eigenvalue weighted by Crippen LogP contribution is 2.34. The van der Waals surface area contributed by atoms with Crippen molar-refractivity contribution in [2.45, 2.75) is 44.8 Å². The van der Waals surface area contributed by atoms with E-state index < -0.39 is 5.79 Å². The molecule has 3 rings (SSSR count). The van der Waals surface area contributed by atoms with Crippen molar-refractivity contribution in [3.63, 3.8) is 0 Å². The molecule has 0 aliphatic carbocycles. The monoisotopic (exact) mass is 317 g/mol. The van der Waals surface area contributed by atoms with Crippen LogP contribution in [0.1, 0.15) is 44.6 Å². The van der Waals surface area contributed by atoms with E-state index in [-0.39, 0.29) is 11.8 Å². The first-order chi connectivity index (χ1) is 11.2. The Balaban J connectivity index is 1.72. The van der Waals surface area contributed by atoms with Gasteiger partial charge in [-0.3, -0.25) is 4.79 Å². The van der Waals surface area contributed by atoms with Gasteiger partial charge in [0, 0.05) is 25.9 Å². The number of nitrogens with zero attached hydrogens (tertiary/aromatic N) is 1. The van der Waals surface area contributed by atoms with Crippen molar-refractivity contribution in [1.82, 2.24) is 4.90 Å². The van der Waals surface area contributed by atoms with Crippen LogP contribution < -0.4 is 0 Å². The number of benzene rings is 1. The molecule has 0 N–H and O–H groups in total. The van der Waals surface area contributed by atoms with E-state index in [2.05, 4.69) is 26.0 Å². The van der Waals surface area contributed by atoms with Gasteiger partial charge >= 0.3 is 0 Å². The van der Waals surface area contributed by atoms with Crippen LogP contribution >= 0.6 is 0 Å². The van der Waals surface area contributed by atoms with Crippen molar-refractivity contribution in [2.24, 2.45) is 5.92 Å². The number of amides is 1. The smallest absolute Gasteiger partial charge is 0.230 e. The number of hydrogen-bond acceptors (Lipinski definition) is 3. The first-order valence-electron chi connectivity index (χ1n) is 8.77. The molecule has 126 valence electrons. The summed E-state index contributed by atoms with van der Waals surface area (Å²) in [6.07, 6.45) is 2.55. The summed E-state index contributed by atoms with van der Waals surface area (Å²) in [5, 5.41) is 0. The van der Waals surface area contributed by atoms with Crippen LogP contribution in [0.5, 0.6) is 0 Å². The lowest BCUT2D eigenvalue weighted by molar-refractivity contribution is -0.188. The molecule has 23 heavy (non-hydrogen) atoms. The molecule has 1 aromatic carbocycles. The summed E-state index contributed by atoms with van der Waals surface area (Å²) in [5.41, 5.74) is 1.13. The van der Waals surface area contributed by atoms with Gasteiger partial charge in [0.15, 0.2) is 5.79 Å². The number of carbonyl (C=O) groups excluding carboxylic acids is 1. The van der Waals surface area contributed by atoms with Crippen LogP contribution in [-0.2, 0) is 14.3 Å². The van der Waals surface area contributed by atoms with Crippen LogP contribution in [-0.4, -0.2) is 42.9 Å². The SMILES string of the molecule is CC[C@@H](C)[C@@H](C(=O)N1CCC2(CC1)OCCO2)c1ccccc1. The molecule has 2 saturated heterocycles. The van der Waals surface area contributed by atoms with E-state index in [4.69, 9.17) is 9.47 Å². The van der Waals surface area contributed by atoms with Gasteiger partial charge in [0.2, 0.25) is 5.91 Å². The van der Waals surface area contributed by atoms with Crippen molar-refractivity contribution in [1.29, 1.82) is 0 Å². The number of hydrogen-bond donors (Lipinski definition) is 0. The van der Waals surface area contributed by atoms with E-state index in [1.54, 1.807) is 0 Å². The summed E-state index contributed by atoms with van der Waals surface area (Å²) >= 11 is 0. The van der Waals surface area contributed by atoms with Crippen molar-refractivity contribution < 1.29 is 14.3 Å². The summed E-state index contributed by atoms with van der Waals surface area (Å²) in [5.74, 6) is 0.105. The van der Waals surface area contributed by atoms with Gasteiger partial charge in [-0.05, 0) is 11.5 Å². The van der Waals surface area contributed by atoms with Gasteiger partial charge in [0.1, 0.15) is 0 Å². The molecule has 0 bridgehead atoms. The average Bonchev–Trinajstić information content (AvgIpc) is 3.04. The summed E-state index contributed by atoms with van der Waals surface area (Å²) in [4.78, 5) is 15.1. The van der Waals surface area contributed by atoms with Crippen LogP contribution in [0.25, 0.3) is 0 Å². The first kappa shape index (κ1) is 16.5. The van der Waals surface area contributed by atoms with E-state index in [1.807, 2.05) is 23.1 Å². The molecule has 2 heterocycles. The van der Waals surface area contributed by atoms with Crippen LogP contribution in [0.2, 0.25) is 0 Å². The Morgan fingerprint density at radius 1 is 1.17 bits per heavy atom. The zero-order valence-corrected chi connectivity index (χ0v) is 14.2. The number of carbonyl (C=O) groups is 1. The first-order valence-corrected chi connectivity index (χ1v) is 8.77. The van der Waals surface area contributed by atoms with E-state index in [0.717, 1.165) is 37.9 Å². The number of piperidine rings is 1. The number of ether oxygens (including phenoxy) is 2. The second-order valence-electron chi connectivity index (χ2n) is 6.71. The number of rotatable bonds is 4. The lowest BCUT2D eigenvalue weighted by Crippen LogP contribution is -2.49. The van der Waals surface area contributed by atoms with Crippen molar-refractivity contribution >= 4 is 5.91 Å². The molecule has 4 nitrogen and oxygen atoms in total. The standard InChI is InChI=1S/C19H27NO3/c1-3-15(2)17(16-7-5-4-6-8-16)18(21)20-11-9-19(10-12-20)22-13-14-23-19/h4-8,15,17H,3,9-14H2,1-2H3/t15-,17-/m1/s1. The van der Waals surface area contributed by atoms with E-state index >= 15 is 0 Å². The Hall–Kier alpha value is -1.39. The molecular weight excluding hydrogens is 290 g/mol. The third-order valence-electron chi connectivity index (χ3n) is 5.29. The fourth-order valence-corrected chi connectivity index (χ4v) is 3.66. The Labute approximate surface area is 138 Å². The Kier molecular flexibility index (Phi) is 5.02. The minimum absolute atomic E-state index is 0.0549. The molecule has 2 aliphatic rings. The third kappa shape index (κ3) is 3.43. The molecule has 0 radical (unpaired) electrons. The maximum atomic E-state index is 13.1. The van der Waals surface area contributed by atoms with Gasteiger partial charge < -0.3 is 14.4 Å². The second-order valence-corrected chi connectivity index (χ2v) is 6.71. The van der Waals surface area contributed by atoms with Gasteiger partial charge in [-0.1, -0.05) is 50.6 Å². The van der Waals surface area contributed by atoms with Gasteiger partial charge in [0.25, 0.3) is 0 Å². The largest absolute Gasteiger partial charge is 0.347 e. The topological polar surface area (TPSA) is 38.8 Å². The van der Waals surface area contributed by atoms with Crippen molar-refractivity contribution in [2.75, 3.05) is 26.3 Å². The lowest BCUT2D eigenvalue weighted by Gasteiger charge is -2.39. The Bertz CT molecular complexity index is 515. The van der Waals surface area contributed by atoms with Crippen LogP contribution in [0.15, 0.2) is 30.3 Å². The molecule has 1 spiro atoms.